The van der Waals surface area contributed by atoms with E-state index in [-0.39, 0.29) is 10.6 Å². The van der Waals surface area contributed by atoms with Crippen LogP contribution in [0.15, 0.2) is 77.7 Å². The molecule has 0 radical (unpaired) electrons. The Kier molecular flexibility index (Phi) is 8.59. The molecule has 0 heterocycles. The summed E-state index contributed by atoms with van der Waals surface area (Å²) in [7, 11) is -0.973. The Morgan fingerprint density at radius 2 is 1.57 bits per heavy atom. The van der Waals surface area contributed by atoms with Crippen molar-refractivity contribution in [3.05, 3.63) is 78.4 Å². The molecule has 35 heavy (non-hydrogen) atoms. The summed E-state index contributed by atoms with van der Waals surface area (Å²) in [6.45, 7) is 3.53. The van der Waals surface area contributed by atoms with E-state index in [9.17, 15) is 13.2 Å². The van der Waals surface area contributed by atoms with E-state index in [0.717, 1.165) is 9.87 Å². The molecule has 0 spiro atoms. The van der Waals surface area contributed by atoms with Gasteiger partial charge in [-0.1, -0.05) is 36.4 Å². The van der Waals surface area contributed by atoms with Gasteiger partial charge in [0.2, 0.25) is 5.91 Å². The number of ether oxygens (including phenoxy) is 3. The molecule has 3 aromatic rings. The molecule has 3 aromatic carbocycles. The second-order valence-corrected chi connectivity index (χ2v) is 9.49. The molecule has 0 aromatic heterocycles. The number of hydrogen-bond donors (Lipinski definition) is 1. The van der Waals surface area contributed by atoms with E-state index >= 15 is 0 Å². The number of hydrogen-bond acceptors (Lipinski definition) is 6. The van der Waals surface area contributed by atoms with Crippen LogP contribution >= 0.6 is 0 Å². The van der Waals surface area contributed by atoms with Crippen LogP contribution in [0.4, 0.5) is 5.69 Å². The maximum Gasteiger partial charge on any atom is 0.264 e. The zero-order chi connectivity index (χ0) is 25.4. The monoisotopic (exact) mass is 498 g/mol. The number of carbonyl (C=O) groups is 1. The maximum atomic E-state index is 13.6. The fourth-order valence-corrected chi connectivity index (χ4v) is 5.04. The summed E-state index contributed by atoms with van der Waals surface area (Å²) in [5.41, 5.74) is 1.07. The van der Waals surface area contributed by atoms with Gasteiger partial charge in [0.25, 0.3) is 10.0 Å². The lowest BCUT2D eigenvalue weighted by atomic mass is 10.1. The summed E-state index contributed by atoms with van der Waals surface area (Å²) in [4.78, 5) is 13.2. The van der Waals surface area contributed by atoms with Gasteiger partial charge in [-0.15, -0.1) is 0 Å². The summed E-state index contributed by atoms with van der Waals surface area (Å²) < 4.78 is 44.5. The van der Waals surface area contributed by atoms with Crippen LogP contribution in [0.3, 0.4) is 0 Å². The van der Waals surface area contributed by atoms with Crippen LogP contribution in [0.1, 0.15) is 25.5 Å². The lowest BCUT2D eigenvalue weighted by Gasteiger charge is -2.26. The van der Waals surface area contributed by atoms with Crippen molar-refractivity contribution >= 4 is 21.6 Å². The van der Waals surface area contributed by atoms with Gasteiger partial charge in [-0.2, -0.15) is 0 Å². The summed E-state index contributed by atoms with van der Waals surface area (Å²) in [6.07, 6.45) is 0. The Balaban J connectivity index is 1.91. The van der Waals surface area contributed by atoms with Gasteiger partial charge in [0, 0.05) is 0 Å². The standard InChI is InChI=1S/C26H30N2O6S/c1-5-34-23-14-10-9-13-22(23)28(35(30,31)21-11-7-6-8-12-21)18-26(29)27-19(2)20-15-16-24(32-3)25(17-20)33-4/h6-17,19H,5,18H2,1-4H3,(H,27,29)/t19-/m0/s1. The van der Waals surface area contributed by atoms with Crippen molar-refractivity contribution in [1.82, 2.24) is 5.32 Å². The van der Waals surface area contributed by atoms with Crippen molar-refractivity contribution in [2.24, 2.45) is 0 Å². The molecule has 3 rings (SSSR count). The van der Waals surface area contributed by atoms with Crippen LogP contribution < -0.4 is 23.8 Å². The fraction of sp³-hybridized carbons (Fsp3) is 0.269. The van der Waals surface area contributed by atoms with Crippen LogP contribution in [0.2, 0.25) is 0 Å². The SMILES string of the molecule is CCOc1ccccc1N(CC(=O)N[C@@H](C)c1ccc(OC)c(OC)c1)S(=O)(=O)c1ccccc1. The average molecular weight is 499 g/mol. The second-order valence-electron chi connectivity index (χ2n) is 7.63. The fourth-order valence-electron chi connectivity index (χ4n) is 3.58. The summed E-state index contributed by atoms with van der Waals surface area (Å²) in [5, 5.41) is 2.88. The van der Waals surface area contributed by atoms with Gasteiger partial charge in [-0.25, -0.2) is 8.42 Å². The van der Waals surface area contributed by atoms with E-state index in [1.165, 1.54) is 19.2 Å². The number of anilines is 1. The molecular weight excluding hydrogens is 468 g/mol. The number of benzene rings is 3. The third-order valence-electron chi connectivity index (χ3n) is 5.34. The predicted molar refractivity (Wildman–Crippen MR) is 135 cm³/mol. The van der Waals surface area contributed by atoms with Crippen LogP contribution in [0.5, 0.6) is 17.2 Å². The Morgan fingerprint density at radius 3 is 2.23 bits per heavy atom. The summed E-state index contributed by atoms with van der Waals surface area (Å²) >= 11 is 0. The molecule has 0 aliphatic carbocycles. The molecule has 0 saturated carbocycles. The van der Waals surface area contributed by atoms with Crippen molar-refractivity contribution in [2.75, 3.05) is 31.7 Å². The molecule has 0 aliphatic heterocycles. The molecule has 9 heteroatoms. The Labute approximate surface area is 206 Å². The number of nitrogens with one attached hydrogen (secondary N) is 1. The number of nitrogens with zero attached hydrogens (tertiary/aromatic N) is 1. The van der Waals surface area contributed by atoms with Crippen LogP contribution in [-0.4, -0.2) is 41.7 Å². The van der Waals surface area contributed by atoms with Gasteiger partial charge in [0.1, 0.15) is 12.3 Å². The van der Waals surface area contributed by atoms with Gasteiger partial charge in [0.15, 0.2) is 11.5 Å². The van der Waals surface area contributed by atoms with E-state index in [4.69, 9.17) is 14.2 Å². The number of carbonyl (C=O) groups excluding carboxylic acids is 1. The highest BCUT2D eigenvalue weighted by Gasteiger charge is 2.29. The average Bonchev–Trinajstić information content (AvgIpc) is 2.88. The summed E-state index contributed by atoms with van der Waals surface area (Å²) in [5.74, 6) is 1.00. The Morgan fingerprint density at radius 1 is 0.914 bits per heavy atom. The number of sulfonamides is 1. The van der Waals surface area contributed by atoms with Crippen LogP contribution in [0, 0.1) is 0 Å². The first-order chi connectivity index (χ1) is 16.8. The topological polar surface area (TPSA) is 94.2 Å². The minimum atomic E-state index is -4.05. The largest absolute Gasteiger partial charge is 0.493 e. The molecule has 186 valence electrons. The molecule has 0 bridgehead atoms. The van der Waals surface area contributed by atoms with E-state index < -0.39 is 28.5 Å². The molecule has 1 amide bonds. The first-order valence-corrected chi connectivity index (χ1v) is 12.6. The molecule has 0 fully saturated rings. The smallest absolute Gasteiger partial charge is 0.264 e. The van der Waals surface area contributed by atoms with E-state index in [0.29, 0.717) is 23.9 Å². The zero-order valence-corrected chi connectivity index (χ0v) is 21.0. The molecular formula is C26H30N2O6S. The van der Waals surface area contributed by atoms with Gasteiger partial charge in [0.05, 0.1) is 37.5 Å². The first-order valence-electron chi connectivity index (χ1n) is 11.1. The highest BCUT2D eigenvalue weighted by atomic mass is 32.2. The quantitative estimate of drug-likeness (QED) is 0.426. The Hall–Kier alpha value is -3.72. The summed E-state index contributed by atoms with van der Waals surface area (Å²) in [6, 6.07) is 19.7. The number of para-hydroxylation sites is 2. The lowest BCUT2D eigenvalue weighted by Crippen LogP contribution is -2.41. The third kappa shape index (κ3) is 6.05. The van der Waals surface area contributed by atoms with Crippen molar-refractivity contribution in [3.63, 3.8) is 0 Å². The van der Waals surface area contributed by atoms with Crippen molar-refractivity contribution < 1.29 is 27.4 Å². The van der Waals surface area contributed by atoms with Gasteiger partial charge < -0.3 is 19.5 Å². The van der Waals surface area contributed by atoms with Gasteiger partial charge in [-0.05, 0) is 55.8 Å². The number of methoxy groups -OCH3 is 2. The molecule has 1 N–H and O–H groups in total. The minimum absolute atomic E-state index is 0.0760. The minimum Gasteiger partial charge on any atom is -0.493 e. The highest BCUT2D eigenvalue weighted by Crippen LogP contribution is 2.33. The van der Waals surface area contributed by atoms with E-state index in [2.05, 4.69) is 5.32 Å². The van der Waals surface area contributed by atoms with Crippen molar-refractivity contribution in [1.29, 1.82) is 0 Å². The maximum absolute atomic E-state index is 13.6. The van der Waals surface area contributed by atoms with Crippen LogP contribution in [0.25, 0.3) is 0 Å². The van der Waals surface area contributed by atoms with Crippen LogP contribution in [-0.2, 0) is 14.8 Å². The van der Waals surface area contributed by atoms with Gasteiger partial charge in [-0.3, -0.25) is 9.10 Å². The normalized spacial score (nSPS) is 11.9. The zero-order valence-electron chi connectivity index (χ0n) is 20.2. The molecule has 0 aliphatic rings. The molecule has 0 saturated heterocycles. The van der Waals surface area contributed by atoms with E-state index in [1.54, 1.807) is 61.7 Å². The predicted octanol–water partition coefficient (Wildman–Crippen LogP) is 4.18. The number of amides is 1. The lowest BCUT2D eigenvalue weighted by molar-refractivity contribution is -0.120. The van der Waals surface area contributed by atoms with Crippen molar-refractivity contribution in [3.8, 4) is 17.2 Å². The third-order valence-corrected chi connectivity index (χ3v) is 7.11. The van der Waals surface area contributed by atoms with E-state index in [1.807, 2.05) is 19.9 Å². The molecule has 8 nitrogen and oxygen atoms in total. The molecule has 0 unspecified atom stereocenters. The second kappa shape index (κ2) is 11.6. The molecule has 1 atom stereocenters. The highest BCUT2D eigenvalue weighted by molar-refractivity contribution is 7.92. The Bertz CT molecular complexity index is 1250. The van der Waals surface area contributed by atoms with Crippen molar-refractivity contribution in [2.45, 2.75) is 24.8 Å². The van der Waals surface area contributed by atoms with Gasteiger partial charge >= 0.3 is 0 Å². The first kappa shape index (κ1) is 25.9. The number of rotatable bonds is 11.